The monoisotopic (exact) mass is 349 g/mol. The van der Waals surface area contributed by atoms with Gasteiger partial charge in [-0.25, -0.2) is 8.78 Å². The topological polar surface area (TPSA) is 32.9 Å². The molecule has 0 amide bonds. The molecule has 1 heterocycles. The van der Waals surface area contributed by atoms with E-state index < -0.39 is 11.6 Å². The quantitative estimate of drug-likeness (QED) is 0.686. The van der Waals surface area contributed by atoms with E-state index in [4.69, 9.17) is 0 Å². The summed E-state index contributed by atoms with van der Waals surface area (Å²) in [4.78, 5) is 15.4. The maximum atomic E-state index is 13.2. The Kier molecular flexibility index (Phi) is 3.59. The molecule has 0 spiro atoms. The van der Waals surface area contributed by atoms with Crippen molar-refractivity contribution < 1.29 is 13.6 Å². The van der Waals surface area contributed by atoms with Gasteiger partial charge < -0.3 is 4.98 Å². The van der Waals surface area contributed by atoms with Crippen molar-refractivity contribution in [3.8, 4) is 0 Å². The third-order valence-corrected chi connectivity index (χ3v) is 3.96. The van der Waals surface area contributed by atoms with E-state index in [1.807, 2.05) is 18.2 Å². The maximum absolute atomic E-state index is 13.2. The van der Waals surface area contributed by atoms with Crippen LogP contribution in [0.1, 0.15) is 15.9 Å². The van der Waals surface area contributed by atoms with Crippen LogP contribution in [0, 0.1) is 11.6 Å². The number of aromatic nitrogens is 1. The number of carbonyl (C=O) groups is 1. The van der Waals surface area contributed by atoms with Crippen LogP contribution in [0.5, 0.6) is 0 Å². The number of hydrogen-bond acceptors (Lipinski definition) is 1. The lowest BCUT2D eigenvalue weighted by molar-refractivity contribution is 0.0994. The number of benzene rings is 2. The van der Waals surface area contributed by atoms with Crippen molar-refractivity contribution in [2.75, 3.05) is 0 Å². The third-order valence-electron chi connectivity index (χ3n) is 3.30. The van der Waals surface area contributed by atoms with Gasteiger partial charge in [0.2, 0.25) is 0 Å². The van der Waals surface area contributed by atoms with E-state index in [0.717, 1.165) is 27.5 Å². The molecule has 0 saturated carbocycles. The first-order valence-corrected chi connectivity index (χ1v) is 7.08. The van der Waals surface area contributed by atoms with Crippen LogP contribution >= 0.6 is 15.9 Å². The number of fused-ring (bicyclic) bond motifs is 1. The van der Waals surface area contributed by atoms with Gasteiger partial charge in [-0.3, -0.25) is 4.79 Å². The lowest BCUT2D eigenvalue weighted by atomic mass is 10.0. The Labute approximate surface area is 127 Å². The molecule has 2 nitrogen and oxygen atoms in total. The van der Waals surface area contributed by atoms with Crippen LogP contribution in [0.3, 0.4) is 0 Å². The number of rotatable bonds is 3. The van der Waals surface area contributed by atoms with E-state index in [0.29, 0.717) is 11.1 Å². The van der Waals surface area contributed by atoms with Gasteiger partial charge in [0.15, 0.2) is 17.4 Å². The van der Waals surface area contributed by atoms with Crippen LogP contribution < -0.4 is 0 Å². The summed E-state index contributed by atoms with van der Waals surface area (Å²) in [6.45, 7) is 0. The van der Waals surface area contributed by atoms with Crippen molar-refractivity contribution in [3.63, 3.8) is 0 Å². The Balaban J connectivity index is 1.95. The minimum absolute atomic E-state index is 0.0193. The highest BCUT2D eigenvalue weighted by Gasteiger charge is 2.15. The first-order valence-electron chi connectivity index (χ1n) is 6.29. The predicted octanol–water partition coefficient (Wildman–Crippen LogP) is 4.63. The number of halogens is 3. The fourth-order valence-corrected chi connectivity index (χ4v) is 2.87. The van der Waals surface area contributed by atoms with E-state index in [1.165, 1.54) is 6.07 Å². The van der Waals surface area contributed by atoms with Crippen LogP contribution in [0.2, 0.25) is 0 Å². The molecule has 3 rings (SSSR count). The molecule has 0 unspecified atom stereocenters. The fourth-order valence-electron chi connectivity index (χ4n) is 2.29. The molecule has 106 valence electrons. The summed E-state index contributed by atoms with van der Waals surface area (Å²) < 4.78 is 26.9. The van der Waals surface area contributed by atoms with Crippen LogP contribution in [0.25, 0.3) is 10.9 Å². The Morgan fingerprint density at radius 1 is 1.14 bits per heavy atom. The fraction of sp³-hybridized carbons (Fsp3) is 0.0625. The van der Waals surface area contributed by atoms with Crippen LogP contribution in [0.4, 0.5) is 8.78 Å². The molecule has 0 aliphatic rings. The van der Waals surface area contributed by atoms with Gasteiger partial charge in [0.1, 0.15) is 0 Å². The average molecular weight is 350 g/mol. The van der Waals surface area contributed by atoms with E-state index in [-0.39, 0.29) is 12.2 Å². The molecule has 3 aromatic rings. The van der Waals surface area contributed by atoms with E-state index >= 15 is 0 Å². The number of nitrogens with one attached hydrogen (secondary N) is 1. The lowest BCUT2D eigenvalue weighted by Crippen LogP contribution is -2.03. The summed E-state index contributed by atoms with van der Waals surface area (Å²) in [7, 11) is 0. The molecule has 2 aromatic carbocycles. The van der Waals surface area contributed by atoms with E-state index in [2.05, 4.69) is 20.9 Å². The maximum Gasteiger partial charge on any atom is 0.169 e. The standard InChI is InChI=1S/C16H10BrF2NO/c17-11-2-1-3-14-16(11)10(8-20-14)15(21)7-9-4-5-12(18)13(19)6-9/h1-6,8,20H,7H2. The number of Topliss-reactive ketones (excluding diaryl/α,β-unsaturated/α-hetero) is 1. The summed E-state index contributed by atoms with van der Waals surface area (Å²) in [6, 6.07) is 9.09. The summed E-state index contributed by atoms with van der Waals surface area (Å²) >= 11 is 3.42. The summed E-state index contributed by atoms with van der Waals surface area (Å²) in [6.07, 6.45) is 1.66. The molecule has 0 aliphatic heterocycles. The highest BCUT2D eigenvalue weighted by molar-refractivity contribution is 9.10. The van der Waals surface area contributed by atoms with Gasteiger partial charge in [-0.05, 0) is 29.8 Å². The zero-order valence-electron chi connectivity index (χ0n) is 10.8. The first-order chi connectivity index (χ1) is 10.1. The van der Waals surface area contributed by atoms with Crippen LogP contribution in [-0.2, 0) is 6.42 Å². The van der Waals surface area contributed by atoms with Gasteiger partial charge in [0.25, 0.3) is 0 Å². The second kappa shape index (κ2) is 5.41. The van der Waals surface area contributed by atoms with Gasteiger partial charge in [-0.15, -0.1) is 0 Å². The molecular weight excluding hydrogens is 340 g/mol. The number of aromatic amines is 1. The number of ketones is 1. The zero-order valence-corrected chi connectivity index (χ0v) is 12.4. The largest absolute Gasteiger partial charge is 0.360 e. The molecule has 0 saturated heterocycles. The highest BCUT2D eigenvalue weighted by Crippen LogP contribution is 2.27. The first kappa shape index (κ1) is 13.9. The molecule has 1 N–H and O–H groups in total. The summed E-state index contributed by atoms with van der Waals surface area (Å²) in [5.74, 6) is -2.01. The minimum Gasteiger partial charge on any atom is -0.360 e. The summed E-state index contributed by atoms with van der Waals surface area (Å²) in [5, 5.41) is 0.796. The smallest absolute Gasteiger partial charge is 0.169 e. The Bertz CT molecular complexity index is 841. The lowest BCUT2D eigenvalue weighted by Gasteiger charge is -2.02. The third kappa shape index (κ3) is 2.61. The van der Waals surface area contributed by atoms with Gasteiger partial charge >= 0.3 is 0 Å². The molecule has 0 aliphatic carbocycles. The molecule has 0 radical (unpaired) electrons. The molecule has 0 fully saturated rings. The Hall–Kier alpha value is -2.01. The number of H-pyrrole nitrogens is 1. The van der Waals surface area contributed by atoms with Gasteiger partial charge in [-0.1, -0.05) is 28.1 Å². The van der Waals surface area contributed by atoms with E-state index in [9.17, 15) is 13.6 Å². The molecule has 0 bridgehead atoms. The van der Waals surface area contributed by atoms with E-state index in [1.54, 1.807) is 6.20 Å². The van der Waals surface area contributed by atoms with Crippen molar-refractivity contribution >= 4 is 32.6 Å². The molecule has 21 heavy (non-hydrogen) atoms. The minimum atomic E-state index is -0.944. The number of hydrogen-bond donors (Lipinski definition) is 1. The Morgan fingerprint density at radius 2 is 1.95 bits per heavy atom. The molecule has 0 atom stereocenters. The highest BCUT2D eigenvalue weighted by atomic mass is 79.9. The average Bonchev–Trinajstić information content (AvgIpc) is 2.88. The second-order valence-corrected chi connectivity index (χ2v) is 5.57. The number of carbonyl (C=O) groups excluding carboxylic acids is 1. The Morgan fingerprint density at radius 3 is 2.71 bits per heavy atom. The van der Waals surface area contributed by atoms with Crippen LogP contribution in [0.15, 0.2) is 47.1 Å². The van der Waals surface area contributed by atoms with Crippen molar-refractivity contribution in [2.45, 2.75) is 6.42 Å². The molecule has 5 heteroatoms. The van der Waals surface area contributed by atoms with Crippen molar-refractivity contribution in [1.82, 2.24) is 4.98 Å². The molecular formula is C16H10BrF2NO. The molecule has 1 aromatic heterocycles. The second-order valence-electron chi connectivity index (χ2n) is 4.71. The SMILES string of the molecule is O=C(Cc1ccc(F)c(F)c1)c1c[nH]c2cccc(Br)c12. The normalized spacial score (nSPS) is 11.0. The van der Waals surface area contributed by atoms with Gasteiger partial charge in [0.05, 0.1) is 0 Å². The van der Waals surface area contributed by atoms with Gasteiger partial charge in [-0.2, -0.15) is 0 Å². The van der Waals surface area contributed by atoms with Gasteiger partial charge in [0, 0.05) is 33.6 Å². The summed E-state index contributed by atoms with van der Waals surface area (Å²) in [5.41, 5.74) is 1.82. The zero-order chi connectivity index (χ0) is 15.0. The van der Waals surface area contributed by atoms with Crippen LogP contribution in [-0.4, -0.2) is 10.8 Å². The van der Waals surface area contributed by atoms with Crippen molar-refractivity contribution in [2.24, 2.45) is 0 Å². The predicted molar refractivity (Wildman–Crippen MR) is 80.4 cm³/mol. The van der Waals surface area contributed by atoms with Crippen molar-refractivity contribution in [3.05, 3.63) is 69.8 Å². The van der Waals surface area contributed by atoms with Crippen molar-refractivity contribution in [1.29, 1.82) is 0 Å².